The molecule has 0 saturated heterocycles. The zero-order valence-corrected chi connectivity index (χ0v) is 13.8. The van der Waals surface area contributed by atoms with Crippen LogP contribution in [0.1, 0.15) is 84.0 Å². The number of carbonyl (C=O) groups excluding carboxylic acids is 1. The molecule has 0 saturated carbocycles. The maximum absolute atomic E-state index is 12.1. The molecular weight excluding hydrogens is 280 g/mol. The molecule has 1 aliphatic rings. The summed E-state index contributed by atoms with van der Waals surface area (Å²) in [7, 11) is 0. The Balaban J connectivity index is 2.38. The minimum atomic E-state index is -0.727. The van der Waals surface area contributed by atoms with Crippen molar-refractivity contribution in [3.8, 4) is 0 Å². The molecule has 0 heterocycles. The number of aliphatic hydroxyl groups is 1. The molecule has 0 fully saturated rings. The smallest absolute Gasteiger partial charge is 0.303 e. The number of unbranched alkanes of at least 4 members (excludes halogenated alkanes) is 5. The lowest BCUT2D eigenvalue weighted by molar-refractivity contribution is -0.137. The second kappa shape index (κ2) is 10.5. The van der Waals surface area contributed by atoms with E-state index in [1.54, 1.807) is 0 Å². The minimum absolute atomic E-state index is 0.232. The lowest BCUT2D eigenvalue weighted by Crippen LogP contribution is -2.23. The van der Waals surface area contributed by atoms with Gasteiger partial charge in [-0.1, -0.05) is 32.6 Å². The molecule has 0 aromatic heterocycles. The Morgan fingerprint density at radius 2 is 1.77 bits per heavy atom. The summed E-state index contributed by atoms with van der Waals surface area (Å²) >= 11 is 0. The van der Waals surface area contributed by atoms with Crippen LogP contribution in [0, 0.1) is 0 Å². The number of hydrogen-bond donors (Lipinski definition) is 2. The molecule has 126 valence electrons. The number of aliphatic hydroxyl groups excluding tert-OH is 1. The number of Topliss-reactive ketones (excluding diaryl/α,β-unsaturated/α-hetero) is 1. The Morgan fingerprint density at radius 1 is 1.09 bits per heavy atom. The van der Waals surface area contributed by atoms with Crippen LogP contribution in [0.25, 0.3) is 0 Å². The first-order chi connectivity index (χ1) is 10.6. The second-order valence-corrected chi connectivity index (χ2v) is 6.25. The molecule has 4 heteroatoms. The van der Waals surface area contributed by atoms with E-state index in [9.17, 15) is 14.7 Å². The van der Waals surface area contributed by atoms with Gasteiger partial charge in [0.2, 0.25) is 0 Å². The number of allylic oxidation sites excluding steroid dienone is 1. The summed E-state index contributed by atoms with van der Waals surface area (Å²) in [5.74, 6) is -0.496. The van der Waals surface area contributed by atoms with Gasteiger partial charge in [0.25, 0.3) is 0 Å². The molecule has 1 atom stereocenters. The number of hydrogen-bond acceptors (Lipinski definition) is 3. The highest BCUT2D eigenvalue weighted by molar-refractivity contribution is 5.97. The van der Waals surface area contributed by atoms with Crippen molar-refractivity contribution >= 4 is 11.8 Å². The van der Waals surface area contributed by atoms with Gasteiger partial charge in [-0.15, -0.1) is 0 Å². The van der Waals surface area contributed by atoms with E-state index in [4.69, 9.17) is 5.11 Å². The summed E-state index contributed by atoms with van der Waals surface area (Å²) in [6.07, 6.45) is 9.26. The van der Waals surface area contributed by atoms with Gasteiger partial charge in [0, 0.05) is 12.8 Å². The largest absolute Gasteiger partial charge is 0.481 e. The van der Waals surface area contributed by atoms with Crippen LogP contribution in [0.3, 0.4) is 0 Å². The lowest BCUT2D eigenvalue weighted by Gasteiger charge is -2.24. The van der Waals surface area contributed by atoms with E-state index in [0.29, 0.717) is 12.8 Å². The summed E-state index contributed by atoms with van der Waals surface area (Å²) in [5, 5.41) is 18.8. The van der Waals surface area contributed by atoms with Gasteiger partial charge in [0.05, 0.1) is 6.10 Å². The van der Waals surface area contributed by atoms with Crippen molar-refractivity contribution < 1.29 is 19.8 Å². The zero-order valence-electron chi connectivity index (χ0n) is 13.8. The highest BCUT2D eigenvalue weighted by atomic mass is 16.4. The van der Waals surface area contributed by atoms with Crippen LogP contribution in [-0.2, 0) is 9.59 Å². The first-order valence-electron chi connectivity index (χ1n) is 8.71. The molecule has 0 amide bonds. The van der Waals surface area contributed by atoms with Gasteiger partial charge < -0.3 is 10.2 Å². The van der Waals surface area contributed by atoms with Crippen molar-refractivity contribution in [2.45, 2.75) is 90.1 Å². The maximum atomic E-state index is 12.1. The van der Waals surface area contributed by atoms with Crippen molar-refractivity contribution in [3.05, 3.63) is 11.1 Å². The van der Waals surface area contributed by atoms with Gasteiger partial charge in [-0.2, -0.15) is 0 Å². The third-order valence-corrected chi connectivity index (χ3v) is 4.39. The van der Waals surface area contributed by atoms with Crippen molar-refractivity contribution in [2.24, 2.45) is 0 Å². The predicted molar refractivity (Wildman–Crippen MR) is 86.8 cm³/mol. The molecule has 0 radical (unpaired) electrons. The summed E-state index contributed by atoms with van der Waals surface area (Å²) in [6.45, 7) is 2.11. The van der Waals surface area contributed by atoms with E-state index in [2.05, 4.69) is 6.92 Å². The van der Waals surface area contributed by atoms with E-state index in [1.165, 1.54) is 0 Å². The molecule has 1 aliphatic carbocycles. The molecule has 0 aromatic carbocycles. The topological polar surface area (TPSA) is 74.6 Å². The van der Waals surface area contributed by atoms with Crippen LogP contribution < -0.4 is 0 Å². The van der Waals surface area contributed by atoms with E-state index < -0.39 is 12.1 Å². The third kappa shape index (κ3) is 6.73. The van der Waals surface area contributed by atoms with Crippen LogP contribution in [-0.4, -0.2) is 28.1 Å². The van der Waals surface area contributed by atoms with Crippen LogP contribution in [0.4, 0.5) is 0 Å². The van der Waals surface area contributed by atoms with Crippen LogP contribution >= 0.6 is 0 Å². The quantitative estimate of drug-likeness (QED) is 0.565. The van der Waals surface area contributed by atoms with Crippen molar-refractivity contribution in [3.63, 3.8) is 0 Å². The number of carboxylic acid groups (broad SMARTS) is 1. The average molecular weight is 310 g/mol. The SMILES string of the molecule is CCCCC1=C(CCCCCCCC(=O)O)[C@@H](O)CCC1=O. The molecule has 0 spiro atoms. The summed E-state index contributed by atoms with van der Waals surface area (Å²) in [6, 6.07) is 0. The van der Waals surface area contributed by atoms with Crippen molar-refractivity contribution in [1.29, 1.82) is 0 Å². The Kier molecular flexibility index (Phi) is 9.05. The minimum Gasteiger partial charge on any atom is -0.481 e. The zero-order chi connectivity index (χ0) is 16.4. The van der Waals surface area contributed by atoms with Gasteiger partial charge in [-0.3, -0.25) is 9.59 Å². The van der Waals surface area contributed by atoms with Gasteiger partial charge in [-0.05, 0) is 49.7 Å². The third-order valence-electron chi connectivity index (χ3n) is 4.39. The van der Waals surface area contributed by atoms with Crippen LogP contribution in [0.15, 0.2) is 11.1 Å². The van der Waals surface area contributed by atoms with Gasteiger partial charge >= 0.3 is 5.97 Å². The average Bonchev–Trinajstić information content (AvgIpc) is 2.48. The highest BCUT2D eigenvalue weighted by Gasteiger charge is 2.25. The number of carboxylic acids is 1. The summed E-state index contributed by atoms with van der Waals surface area (Å²) in [5.41, 5.74) is 1.88. The molecule has 0 unspecified atom stereocenters. The number of rotatable bonds is 11. The highest BCUT2D eigenvalue weighted by Crippen LogP contribution is 2.30. The van der Waals surface area contributed by atoms with E-state index in [1.807, 2.05) is 0 Å². The van der Waals surface area contributed by atoms with Crippen LogP contribution in [0.2, 0.25) is 0 Å². The molecule has 0 aromatic rings. The van der Waals surface area contributed by atoms with Crippen LogP contribution in [0.5, 0.6) is 0 Å². The van der Waals surface area contributed by atoms with Gasteiger partial charge in [0.15, 0.2) is 5.78 Å². The molecule has 2 N–H and O–H groups in total. The Morgan fingerprint density at radius 3 is 2.45 bits per heavy atom. The fourth-order valence-electron chi connectivity index (χ4n) is 3.07. The fourth-order valence-corrected chi connectivity index (χ4v) is 3.07. The Hall–Kier alpha value is -1.16. The predicted octanol–water partition coefficient (Wildman–Crippen LogP) is 4.01. The molecule has 0 bridgehead atoms. The van der Waals surface area contributed by atoms with E-state index >= 15 is 0 Å². The maximum Gasteiger partial charge on any atom is 0.303 e. The molecular formula is C18H30O4. The molecule has 22 heavy (non-hydrogen) atoms. The first-order valence-corrected chi connectivity index (χ1v) is 8.71. The number of aliphatic carboxylic acids is 1. The van der Waals surface area contributed by atoms with E-state index in [0.717, 1.165) is 68.9 Å². The van der Waals surface area contributed by atoms with Crippen molar-refractivity contribution in [2.75, 3.05) is 0 Å². The number of carbonyl (C=O) groups is 2. The Labute approximate surface area is 133 Å². The fraction of sp³-hybridized carbons (Fsp3) is 0.778. The normalized spacial score (nSPS) is 18.8. The standard InChI is InChI=1S/C18H30O4/c1-2-3-9-14-15(17(20)13-12-16(14)19)10-7-5-4-6-8-11-18(21)22/h17,20H,2-13H2,1H3,(H,21,22)/t17-/m0/s1. The summed E-state index contributed by atoms with van der Waals surface area (Å²) < 4.78 is 0. The van der Waals surface area contributed by atoms with Crippen molar-refractivity contribution in [1.82, 2.24) is 0 Å². The van der Waals surface area contributed by atoms with Gasteiger partial charge in [-0.25, -0.2) is 0 Å². The first kappa shape index (κ1) is 18.9. The van der Waals surface area contributed by atoms with Gasteiger partial charge in [0.1, 0.15) is 0 Å². The lowest BCUT2D eigenvalue weighted by atomic mass is 9.83. The second-order valence-electron chi connectivity index (χ2n) is 6.25. The molecule has 0 aliphatic heterocycles. The molecule has 4 nitrogen and oxygen atoms in total. The monoisotopic (exact) mass is 310 g/mol. The van der Waals surface area contributed by atoms with E-state index in [-0.39, 0.29) is 12.2 Å². The molecule has 1 rings (SSSR count). The number of ketones is 1. The summed E-state index contributed by atoms with van der Waals surface area (Å²) in [4.78, 5) is 22.5. The Bertz CT molecular complexity index is 398.